The summed E-state index contributed by atoms with van der Waals surface area (Å²) in [5.41, 5.74) is 1.83. The van der Waals surface area contributed by atoms with E-state index < -0.39 is 0 Å². The van der Waals surface area contributed by atoms with Crippen LogP contribution in [0.4, 0.5) is 11.5 Å². The highest BCUT2D eigenvalue weighted by molar-refractivity contribution is 5.91. The van der Waals surface area contributed by atoms with Crippen LogP contribution in [0.5, 0.6) is 5.75 Å². The van der Waals surface area contributed by atoms with Crippen LogP contribution in [0.15, 0.2) is 42.6 Å². The van der Waals surface area contributed by atoms with Gasteiger partial charge in [-0.15, -0.1) is 0 Å². The van der Waals surface area contributed by atoms with Crippen molar-refractivity contribution in [2.24, 2.45) is 0 Å². The number of benzene rings is 1. The number of aromatic nitrogens is 1. The highest BCUT2D eigenvalue weighted by Gasteiger charge is 2.14. The maximum Gasteiger partial charge on any atom is 0.262 e. The van der Waals surface area contributed by atoms with Crippen LogP contribution in [0, 0.1) is 0 Å². The fourth-order valence-electron chi connectivity index (χ4n) is 3.17. The van der Waals surface area contributed by atoms with Gasteiger partial charge in [0, 0.05) is 13.1 Å². The summed E-state index contributed by atoms with van der Waals surface area (Å²) in [5, 5.41) is 2.85. The maximum absolute atomic E-state index is 12.2. The zero-order valence-electron chi connectivity index (χ0n) is 15.6. The van der Waals surface area contributed by atoms with Gasteiger partial charge in [0.15, 0.2) is 6.61 Å². The lowest BCUT2D eigenvalue weighted by Gasteiger charge is -2.17. The van der Waals surface area contributed by atoms with Crippen molar-refractivity contribution in [3.05, 3.63) is 48.2 Å². The van der Waals surface area contributed by atoms with Crippen LogP contribution in [-0.2, 0) is 4.79 Å². The van der Waals surface area contributed by atoms with Crippen molar-refractivity contribution >= 4 is 17.4 Å². The van der Waals surface area contributed by atoms with E-state index in [0.717, 1.165) is 36.6 Å². The Morgan fingerprint density at radius 1 is 1.23 bits per heavy atom. The van der Waals surface area contributed by atoms with E-state index in [4.69, 9.17) is 4.74 Å². The van der Waals surface area contributed by atoms with Gasteiger partial charge >= 0.3 is 0 Å². The lowest BCUT2D eigenvalue weighted by Crippen LogP contribution is -2.21. The Balaban J connectivity index is 1.54. The van der Waals surface area contributed by atoms with Crippen LogP contribution in [0.25, 0.3) is 0 Å². The van der Waals surface area contributed by atoms with Crippen LogP contribution >= 0.6 is 0 Å². The molecule has 1 unspecified atom stereocenters. The van der Waals surface area contributed by atoms with Crippen molar-refractivity contribution in [3.63, 3.8) is 0 Å². The summed E-state index contributed by atoms with van der Waals surface area (Å²) in [6.07, 6.45) is 5.17. The van der Waals surface area contributed by atoms with Gasteiger partial charge in [0.1, 0.15) is 11.6 Å². The Morgan fingerprint density at radius 2 is 2.00 bits per heavy atom. The van der Waals surface area contributed by atoms with Gasteiger partial charge in [-0.25, -0.2) is 4.98 Å². The molecule has 1 fully saturated rings. The minimum atomic E-state index is -0.181. The van der Waals surface area contributed by atoms with Gasteiger partial charge in [-0.3, -0.25) is 4.79 Å². The molecule has 26 heavy (non-hydrogen) atoms. The van der Waals surface area contributed by atoms with E-state index in [-0.39, 0.29) is 12.5 Å². The fraction of sp³-hybridized carbons (Fsp3) is 0.429. The van der Waals surface area contributed by atoms with E-state index >= 15 is 0 Å². The Bertz CT molecular complexity index is 724. The lowest BCUT2D eigenvalue weighted by atomic mass is 9.98. The SMILES string of the molecule is CCC(C)c1ccccc1OCC(=O)Nc1ccc(N2CCCC2)nc1. The third-order valence-electron chi connectivity index (χ3n) is 4.88. The predicted molar refractivity (Wildman–Crippen MR) is 105 cm³/mol. The lowest BCUT2D eigenvalue weighted by molar-refractivity contribution is -0.118. The van der Waals surface area contributed by atoms with Crippen LogP contribution in [-0.4, -0.2) is 30.6 Å². The van der Waals surface area contributed by atoms with E-state index in [1.54, 1.807) is 6.20 Å². The van der Waals surface area contributed by atoms with E-state index in [2.05, 4.69) is 35.1 Å². The number of carbonyl (C=O) groups excluding carboxylic acids is 1. The molecular weight excluding hydrogens is 326 g/mol. The number of carbonyl (C=O) groups is 1. The molecular formula is C21H27N3O2. The van der Waals surface area contributed by atoms with Gasteiger partial charge in [0.25, 0.3) is 5.91 Å². The van der Waals surface area contributed by atoms with Crippen molar-refractivity contribution in [3.8, 4) is 5.75 Å². The molecule has 3 rings (SSSR count). The quantitative estimate of drug-likeness (QED) is 0.810. The first kappa shape index (κ1) is 18.2. The predicted octanol–water partition coefficient (Wildman–Crippen LogP) is 4.21. The molecule has 0 aliphatic carbocycles. The molecule has 1 amide bonds. The van der Waals surface area contributed by atoms with E-state index in [1.807, 2.05) is 30.3 Å². The fourth-order valence-corrected chi connectivity index (χ4v) is 3.17. The molecule has 0 radical (unpaired) electrons. The molecule has 1 aromatic carbocycles. The van der Waals surface area contributed by atoms with Gasteiger partial charge in [0.05, 0.1) is 11.9 Å². The highest BCUT2D eigenvalue weighted by Crippen LogP contribution is 2.28. The van der Waals surface area contributed by atoms with Gasteiger partial charge in [-0.05, 0) is 48.9 Å². The van der Waals surface area contributed by atoms with Gasteiger partial charge < -0.3 is 15.0 Å². The largest absolute Gasteiger partial charge is 0.483 e. The summed E-state index contributed by atoms with van der Waals surface area (Å²) in [6, 6.07) is 11.8. The first-order valence-electron chi connectivity index (χ1n) is 9.40. The summed E-state index contributed by atoms with van der Waals surface area (Å²) in [6.45, 7) is 6.41. The van der Waals surface area contributed by atoms with Gasteiger partial charge in [0.2, 0.25) is 0 Å². The number of nitrogens with one attached hydrogen (secondary N) is 1. The number of amides is 1. The molecule has 1 aliphatic rings. The van der Waals surface area contributed by atoms with Crippen LogP contribution in [0.2, 0.25) is 0 Å². The number of hydrogen-bond acceptors (Lipinski definition) is 4. The Hall–Kier alpha value is -2.56. The third-order valence-corrected chi connectivity index (χ3v) is 4.88. The molecule has 5 nitrogen and oxygen atoms in total. The van der Waals surface area contributed by atoms with Crippen molar-refractivity contribution in [1.82, 2.24) is 4.98 Å². The van der Waals surface area contributed by atoms with Crippen molar-refractivity contribution in [1.29, 1.82) is 0 Å². The molecule has 2 heterocycles. The Kier molecular flexibility index (Phi) is 6.10. The zero-order chi connectivity index (χ0) is 18.4. The second-order valence-electron chi connectivity index (χ2n) is 6.78. The Morgan fingerprint density at radius 3 is 2.69 bits per heavy atom. The molecule has 1 saturated heterocycles. The standard InChI is InChI=1S/C21H27N3O2/c1-3-16(2)18-8-4-5-9-19(18)26-15-21(25)23-17-10-11-20(22-14-17)24-12-6-7-13-24/h4-5,8-11,14,16H,3,6-7,12-13,15H2,1-2H3,(H,23,25). The number of para-hydroxylation sites is 1. The first-order valence-corrected chi connectivity index (χ1v) is 9.40. The molecule has 2 aromatic rings. The average molecular weight is 353 g/mol. The molecule has 5 heteroatoms. The third kappa shape index (κ3) is 4.54. The summed E-state index contributed by atoms with van der Waals surface area (Å²) in [4.78, 5) is 18.9. The van der Waals surface area contributed by atoms with Gasteiger partial charge in [-0.2, -0.15) is 0 Å². The topological polar surface area (TPSA) is 54.5 Å². The summed E-state index contributed by atoms with van der Waals surface area (Å²) in [5.74, 6) is 1.97. The second-order valence-corrected chi connectivity index (χ2v) is 6.78. The zero-order valence-corrected chi connectivity index (χ0v) is 15.6. The summed E-state index contributed by atoms with van der Waals surface area (Å²) >= 11 is 0. The van der Waals surface area contributed by atoms with Crippen molar-refractivity contribution in [2.45, 2.75) is 39.0 Å². The smallest absolute Gasteiger partial charge is 0.262 e. The monoisotopic (exact) mass is 353 g/mol. The van der Waals surface area contributed by atoms with E-state index in [9.17, 15) is 4.79 Å². The molecule has 1 atom stereocenters. The minimum absolute atomic E-state index is 0.0126. The number of hydrogen-bond donors (Lipinski definition) is 1. The maximum atomic E-state index is 12.2. The molecule has 0 saturated carbocycles. The second kappa shape index (κ2) is 8.70. The van der Waals surface area contributed by atoms with Crippen molar-refractivity contribution < 1.29 is 9.53 Å². The number of rotatable bonds is 7. The molecule has 138 valence electrons. The number of pyridine rings is 1. The molecule has 1 N–H and O–H groups in total. The summed E-state index contributed by atoms with van der Waals surface area (Å²) < 4.78 is 5.76. The van der Waals surface area contributed by atoms with Crippen LogP contribution < -0.4 is 15.0 Å². The van der Waals surface area contributed by atoms with Crippen LogP contribution in [0.3, 0.4) is 0 Å². The summed E-state index contributed by atoms with van der Waals surface area (Å²) in [7, 11) is 0. The van der Waals surface area contributed by atoms with Crippen molar-refractivity contribution in [2.75, 3.05) is 29.9 Å². The average Bonchev–Trinajstić information content (AvgIpc) is 3.21. The number of nitrogens with zero attached hydrogens (tertiary/aromatic N) is 2. The highest BCUT2D eigenvalue weighted by atomic mass is 16.5. The normalized spacial score (nSPS) is 14.9. The molecule has 0 spiro atoms. The minimum Gasteiger partial charge on any atom is -0.483 e. The molecule has 1 aliphatic heterocycles. The van der Waals surface area contributed by atoms with E-state index in [0.29, 0.717) is 11.6 Å². The molecule has 1 aromatic heterocycles. The Labute approximate surface area is 155 Å². The first-order chi connectivity index (χ1) is 12.7. The molecule has 0 bridgehead atoms. The number of anilines is 2. The van der Waals surface area contributed by atoms with Crippen LogP contribution in [0.1, 0.15) is 44.6 Å². The number of ether oxygens (including phenoxy) is 1. The van der Waals surface area contributed by atoms with E-state index in [1.165, 1.54) is 12.8 Å². The van der Waals surface area contributed by atoms with Gasteiger partial charge in [-0.1, -0.05) is 32.0 Å².